The molecule has 7 nitrogen and oxygen atoms in total. The molecule has 0 aromatic heterocycles. The van der Waals surface area contributed by atoms with Gasteiger partial charge in [0.15, 0.2) is 0 Å². The van der Waals surface area contributed by atoms with E-state index in [1.807, 2.05) is 18.2 Å². The van der Waals surface area contributed by atoms with Gasteiger partial charge in [-0.3, -0.25) is 4.79 Å². The third-order valence-electron chi connectivity index (χ3n) is 3.38. The molecule has 0 saturated carbocycles. The van der Waals surface area contributed by atoms with E-state index in [9.17, 15) is 18.3 Å². The Morgan fingerprint density at radius 2 is 2.05 bits per heavy atom. The Morgan fingerprint density at radius 3 is 2.68 bits per heavy atom. The third-order valence-corrected chi connectivity index (χ3v) is 4.32. The molecule has 2 atom stereocenters. The van der Waals surface area contributed by atoms with Crippen LogP contribution >= 0.6 is 0 Å². The summed E-state index contributed by atoms with van der Waals surface area (Å²) in [4.78, 5) is 13.3. The first kappa shape index (κ1) is 16.7. The zero-order valence-corrected chi connectivity index (χ0v) is 12.9. The zero-order chi connectivity index (χ0) is 16.2. The van der Waals surface area contributed by atoms with Crippen molar-refractivity contribution in [1.82, 2.24) is 4.90 Å². The lowest BCUT2D eigenvalue weighted by Crippen LogP contribution is -2.37. The van der Waals surface area contributed by atoms with Gasteiger partial charge in [-0.1, -0.05) is 18.2 Å². The van der Waals surface area contributed by atoms with Crippen molar-refractivity contribution in [3.05, 3.63) is 30.3 Å². The fourth-order valence-corrected chi connectivity index (χ4v) is 3.37. The minimum atomic E-state index is -3.60. The molecule has 1 aliphatic heterocycles. The molecule has 1 aromatic carbocycles. The first-order chi connectivity index (χ1) is 10.3. The summed E-state index contributed by atoms with van der Waals surface area (Å²) in [6.07, 6.45) is -0.694. The van der Waals surface area contributed by atoms with E-state index in [2.05, 4.69) is 0 Å². The van der Waals surface area contributed by atoms with Crippen LogP contribution in [0.1, 0.15) is 6.42 Å². The van der Waals surface area contributed by atoms with Gasteiger partial charge in [0.25, 0.3) is 0 Å². The molecule has 122 valence electrons. The molecular formula is C14H20N2O5S. The van der Waals surface area contributed by atoms with Crippen molar-refractivity contribution in [2.45, 2.75) is 12.5 Å². The van der Waals surface area contributed by atoms with Crippen LogP contribution in [0.2, 0.25) is 0 Å². The summed E-state index contributed by atoms with van der Waals surface area (Å²) in [6, 6.07) is 9.05. The molecule has 1 fully saturated rings. The third kappa shape index (κ3) is 5.28. The van der Waals surface area contributed by atoms with Gasteiger partial charge in [0.1, 0.15) is 18.5 Å². The van der Waals surface area contributed by atoms with Crippen molar-refractivity contribution in [3.63, 3.8) is 0 Å². The van der Waals surface area contributed by atoms with E-state index >= 15 is 0 Å². The normalized spacial score (nSPS) is 20.2. The topological polar surface area (TPSA) is 110 Å². The van der Waals surface area contributed by atoms with E-state index in [-0.39, 0.29) is 43.7 Å². The molecule has 2 rings (SSSR count). The molecule has 0 bridgehead atoms. The van der Waals surface area contributed by atoms with Gasteiger partial charge in [-0.2, -0.15) is 0 Å². The van der Waals surface area contributed by atoms with Crippen LogP contribution in [0.4, 0.5) is 0 Å². The summed E-state index contributed by atoms with van der Waals surface area (Å²) < 4.78 is 27.5. The molecule has 3 N–H and O–H groups in total. The number of rotatable bonds is 7. The van der Waals surface area contributed by atoms with Crippen LogP contribution in [0.5, 0.6) is 5.75 Å². The van der Waals surface area contributed by atoms with Gasteiger partial charge < -0.3 is 14.7 Å². The molecular weight excluding hydrogens is 308 g/mol. The first-order valence-corrected chi connectivity index (χ1v) is 8.69. The second kappa shape index (κ2) is 7.08. The van der Waals surface area contributed by atoms with Crippen LogP contribution in [0.15, 0.2) is 30.3 Å². The number of ether oxygens (including phenoxy) is 1. The van der Waals surface area contributed by atoms with Crippen LogP contribution in [-0.4, -0.2) is 55.9 Å². The van der Waals surface area contributed by atoms with E-state index in [1.165, 1.54) is 4.90 Å². The van der Waals surface area contributed by atoms with Crippen molar-refractivity contribution >= 4 is 15.9 Å². The number of benzene rings is 1. The van der Waals surface area contributed by atoms with E-state index in [4.69, 9.17) is 9.88 Å². The number of hydrogen-bond acceptors (Lipinski definition) is 5. The number of para-hydroxylation sites is 1. The number of nitrogens with two attached hydrogens (primary N) is 1. The highest BCUT2D eigenvalue weighted by Gasteiger charge is 2.32. The Hall–Kier alpha value is -1.64. The van der Waals surface area contributed by atoms with E-state index in [0.717, 1.165) is 0 Å². The first-order valence-electron chi connectivity index (χ1n) is 6.97. The molecule has 1 saturated heterocycles. The SMILES string of the molecule is NS(=O)(=O)CC1CC(=O)N(CC(O)COc2ccccc2)C1. The quantitative estimate of drug-likeness (QED) is 0.705. The molecule has 0 radical (unpaired) electrons. The Labute approximate surface area is 129 Å². The fourth-order valence-electron chi connectivity index (χ4n) is 2.49. The minimum Gasteiger partial charge on any atom is -0.491 e. The molecule has 1 amide bonds. The van der Waals surface area contributed by atoms with E-state index in [0.29, 0.717) is 5.75 Å². The van der Waals surface area contributed by atoms with Crippen LogP contribution in [0.25, 0.3) is 0 Å². The van der Waals surface area contributed by atoms with Gasteiger partial charge in [0, 0.05) is 25.4 Å². The maximum atomic E-state index is 11.8. The summed E-state index contributed by atoms with van der Waals surface area (Å²) in [5.41, 5.74) is 0. The number of carbonyl (C=O) groups excluding carboxylic acids is 1. The lowest BCUT2D eigenvalue weighted by molar-refractivity contribution is -0.129. The van der Waals surface area contributed by atoms with Crippen LogP contribution < -0.4 is 9.88 Å². The predicted molar refractivity (Wildman–Crippen MR) is 80.6 cm³/mol. The largest absolute Gasteiger partial charge is 0.491 e. The van der Waals surface area contributed by atoms with Crippen LogP contribution in [0.3, 0.4) is 0 Å². The van der Waals surface area contributed by atoms with E-state index in [1.54, 1.807) is 12.1 Å². The molecule has 1 aliphatic rings. The highest BCUT2D eigenvalue weighted by Crippen LogP contribution is 2.19. The molecule has 1 aromatic rings. The fraction of sp³-hybridized carbons (Fsp3) is 0.500. The standard InChI is InChI=1S/C14H20N2O5S/c15-22(19,20)10-11-6-14(18)16(7-11)8-12(17)9-21-13-4-2-1-3-5-13/h1-5,11-12,17H,6-10H2,(H2,15,19,20). The lowest BCUT2D eigenvalue weighted by atomic mass is 10.1. The number of sulfonamides is 1. The average Bonchev–Trinajstić information content (AvgIpc) is 2.75. The zero-order valence-electron chi connectivity index (χ0n) is 12.1. The van der Waals surface area contributed by atoms with Gasteiger partial charge >= 0.3 is 0 Å². The van der Waals surface area contributed by atoms with E-state index < -0.39 is 16.1 Å². The highest BCUT2D eigenvalue weighted by atomic mass is 32.2. The van der Waals surface area contributed by atoms with Gasteiger partial charge in [-0.05, 0) is 12.1 Å². The van der Waals surface area contributed by atoms with Crippen molar-refractivity contribution in [2.24, 2.45) is 11.1 Å². The summed E-state index contributed by atoms with van der Waals surface area (Å²) >= 11 is 0. The van der Waals surface area contributed by atoms with Gasteiger partial charge in [0.2, 0.25) is 15.9 Å². The number of aliphatic hydroxyl groups excluding tert-OH is 1. The van der Waals surface area contributed by atoms with Crippen LogP contribution in [0, 0.1) is 5.92 Å². The maximum absolute atomic E-state index is 11.8. The lowest BCUT2D eigenvalue weighted by Gasteiger charge is -2.20. The van der Waals surface area contributed by atoms with Crippen molar-refractivity contribution in [2.75, 3.05) is 25.4 Å². The monoisotopic (exact) mass is 328 g/mol. The second-order valence-corrected chi connectivity index (χ2v) is 7.14. The summed E-state index contributed by atoms with van der Waals surface area (Å²) in [5, 5.41) is 14.9. The molecule has 0 spiro atoms. The maximum Gasteiger partial charge on any atom is 0.223 e. The number of carbonyl (C=O) groups is 1. The minimum absolute atomic E-state index is 0.0631. The summed E-state index contributed by atoms with van der Waals surface area (Å²) in [6.45, 7) is 0.470. The smallest absolute Gasteiger partial charge is 0.223 e. The van der Waals surface area contributed by atoms with Gasteiger partial charge in [0.05, 0.1) is 5.75 Å². The summed E-state index contributed by atoms with van der Waals surface area (Å²) in [5.74, 6) is -0.0650. The molecule has 0 aliphatic carbocycles. The number of nitrogens with zero attached hydrogens (tertiary/aromatic N) is 1. The van der Waals surface area contributed by atoms with Crippen molar-refractivity contribution in [3.8, 4) is 5.75 Å². The van der Waals surface area contributed by atoms with Gasteiger partial charge in [-0.15, -0.1) is 0 Å². The van der Waals surface area contributed by atoms with Crippen LogP contribution in [-0.2, 0) is 14.8 Å². The van der Waals surface area contributed by atoms with Crippen molar-refractivity contribution in [1.29, 1.82) is 0 Å². The number of primary sulfonamides is 1. The highest BCUT2D eigenvalue weighted by molar-refractivity contribution is 7.89. The summed E-state index contributed by atoms with van der Waals surface area (Å²) in [7, 11) is -3.60. The van der Waals surface area contributed by atoms with Gasteiger partial charge in [-0.25, -0.2) is 13.6 Å². The van der Waals surface area contributed by atoms with Crippen molar-refractivity contribution < 1.29 is 23.1 Å². The number of amides is 1. The Kier molecular flexibility index (Phi) is 5.38. The number of hydrogen-bond donors (Lipinski definition) is 2. The molecule has 22 heavy (non-hydrogen) atoms. The molecule has 1 heterocycles. The second-order valence-electron chi connectivity index (χ2n) is 5.48. The molecule has 2 unspecified atom stereocenters. The Balaban J connectivity index is 1.79. The number of likely N-dealkylation sites (tertiary alicyclic amines) is 1. The Morgan fingerprint density at radius 1 is 1.36 bits per heavy atom. The molecule has 8 heteroatoms. The number of aliphatic hydroxyl groups is 1. The average molecular weight is 328 g/mol. The predicted octanol–water partition coefficient (Wildman–Crippen LogP) is -0.437. The Bertz CT molecular complexity index is 605. The number of β-amino-alcohol motifs (C(OH)–C–C–N with tert-alkyl or cyclic N) is 1.